The van der Waals surface area contributed by atoms with Gasteiger partial charge in [-0.2, -0.15) is 0 Å². The Morgan fingerprint density at radius 3 is 2.44 bits per heavy atom. The first-order valence-corrected chi connectivity index (χ1v) is 7.33. The number of nitrogens with one attached hydrogen (secondary N) is 1. The molecular formula is C17H27N. The van der Waals surface area contributed by atoms with E-state index in [0.717, 1.165) is 5.92 Å². The van der Waals surface area contributed by atoms with Crippen molar-refractivity contribution in [3.05, 3.63) is 29.8 Å². The Bertz CT molecular complexity index is 385. The number of rotatable bonds is 4. The maximum absolute atomic E-state index is 3.72. The van der Waals surface area contributed by atoms with Gasteiger partial charge in [0.25, 0.3) is 0 Å². The smallest absolute Gasteiger partial charge is 0.0380 e. The molecular weight excluding hydrogens is 218 g/mol. The van der Waals surface area contributed by atoms with Gasteiger partial charge in [0.15, 0.2) is 0 Å². The molecule has 2 rings (SSSR count). The Balaban J connectivity index is 2.03. The van der Waals surface area contributed by atoms with Gasteiger partial charge in [-0.25, -0.2) is 0 Å². The van der Waals surface area contributed by atoms with Gasteiger partial charge < -0.3 is 5.32 Å². The Hall–Kier alpha value is -0.980. The quantitative estimate of drug-likeness (QED) is 0.789. The first kappa shape index (κ1) is 13.5. The molecule has 0 heterocycles. The van der Waals surface area contributed by atoms with E-state index in [1.807, 2.05) is 0 Å². The summed E-state index contributed by atoms with van der Waals surface area (Å²) in [5.74, 6) is 0.967. The van der Waals surface area contributed by atoms with Gasteiger partial charge in [0.1, 0.15) is 0 Å². The summed E-state index contributed by atoms with van der Waals surface area (Å²) in [6.45, 7) is 9.16. The zero-order chi connectivity index (χ0) is 13.2. The first-order chi connectivity index (χ1) is 8.47. The second kappa shape index (κ2) is 5.34. The zero-order valence-electron chi connectivity index (χ0n) is 12.3. The average molecular weight is 245 g/mol. The maximum atomic E-state index is 3.72. The largest absolute Gasteiger partial charge is 0.382 e. The lowest BCUT2D eigenvalue weighted by atomic mass is 9.81. The van der Waals surface area contributed by atoms with E-state index in [4.69, 9.17) is 0 Å². The summed E-state index contributed by atoms with van der Waals surface area (Å²) in [7, 11) is 0. The molecule has 0 radical (unpaired) electrons. The van der Waals surface area contributed by atoms with Crippen LogP contribution in [0.1, 0.15) is 58.9 Å². The molecule has 1 fully saturated rings. The molecule has 1 unspecified atom stereocenters. The van der Waals surface area contributed by atoms with Crippen molar-refractivity contribution in [1.29, 1.82) is 0 Å². The molecule has 1 aromatic carbocycles. The summed E-state index contributed by atoms with van der Waals surface area (Å²) in [5.41, 5.74) is 2.95. The van der Waals surface area contributed by atoms with Crippen LogP contribution in [0.5, 0.6) is 0 Å². The summed E-state index contributed by atoms with van der Waals surface area (Å²) in [6, 6.07) is 9.32. The van der Waals surface area contributed by atoms with Crippen LogP contribution in [0.25, 0.3) is 0 Å². The highest BCUT2D eigenvalue weighted by atomic mass is 14.9. The fourth-order valence-corrected chi connectivity index (χ4v) is 2.82. The molecule has 1 N–H and O–H groups in total. The molecule has 0 bridgehead atoms. The predicted molar refractivity (Wildman–Crippen MR) is 80.2 cm³/mol. The minimum atomic E-state index is 0.208. The van der Waals surface area contributed by atoms with E-state index in [2.05, 4.69) is 57.3 Å². The first-order valence-electron chi connectivity index (χ1n) is 7.33. The van der Waals surface area contributed by atoms with Crippen LogP contribution >= 0.6 is 0 Å². The molecule has 0 aliphatic heterocycles. The van der Waals surface area contributed by atoms with Crippen LogP contribution in [-0.2, 0) is 5.41 Å². The molecule has 1 aliphatic carbocycles. The third kappa shape index (κ3) is 3.28. The van der Waals surface area contributed by atoms with Crippen molar-refractivity contribution in [3.8, 4) is 0 Å². The van der Waals surface area contributed by atoms with Gasteiger partial charge in [-0.05, 0) is 36.3 Å². The number of hydrogen-bond acceptors (Lipinski definition) is 1. The van der Waals surface area contributed by atoms with Crippen molar-refractivity contribution in [2.75, 3.05) is 5.32 Å². The minimum Gasteiger partial charge on any atom is -0.382 e. The summed E-state index contributed by atoms with van der Waals surface area (Å²) in [5, 5.41) is 3.72. The van der Waals surface area contributed by atoms with Crippen molar-refractivity contribution < 1.29 is 0 Å². The molecule has 18 heavy (non-hydrogen) atoms. The molecule has 1 aliphatic rings. The van der Waals surface area contributed by atoms with Crippen LogP contribution in [0, 0.1) is 5.92 Å². The SMILES string of the molecule is CC(CC1CCC1)Nc1ccccc1C(C)(C)C. The van der Waals surface area contributed by atoms with Gasteiger partial charge in [0.2, 0.25) is 0 Å². The van der Waals surface area contributed by atoms with E-state index in [9.17, 15) is 0 Å². The summed E-state index contributed by atoms with van der Waals surface area (Å²) in [6.07, 6.45) is 5.63. The third-order valence-electron chi connectivity index (χ3n) is 4.05. The Kier molecular flexibility index (Phi) is 3.99. The van der Waals surface area contributed by atoms with Crippen molar-refractivity contribution in [2.24, 2.45) is 5.92 Å². The number of hydrogen-bond donors (Lipinski definition) is 1. The Morgan fingerprint density at radius 1 is 1.22 bits per heavy atom. The second-order valence-electron chi connectivity index (χ2n) is 6.87. The molecule has 0 aromatic heterocycles. The standard InChI is InChI=1S/C17H27N/c1-13(12-14-8-7-9-14)18-16-11-6-5-10-15(16)17(2,3)4/h5-6,10-11,13-14,18H,7-9,12H2,1-4H3. The maximum Gasteiger partial charge on any atom is 0.0380 e. The molecule has 0 spiro atoms. The Labute approximate surface area is 112 Å². The average Bonchev–Trinajstić information content (AvgIpc) is 2.23. The van der Waals surface area contributed by atoms with Crippen LogP contribution in [0.15, 0.2) is 24.3 Å². The van der Waals surface area contributed by atoms with Gasteiger partial charge in [0, 0.05) is 11.7 Å². The lowest BCUT2D eigenvalue weighted by Crippen LogP contribution is -2.25. The van der Waals surface area contributed by atoms with Crippen molar-refractivity contribution in [2.45, 2.75) is 64.8 Å². The van der Waals surface area contributed by atoms with Crippen LogP contribution < -0.4 is 5.32 Å². The van der Waals surface area contributed by atoms with E-state index >= 15 is 0 Å². The second-order valence-corrected chi connectivity index (χ2v) is 6.87. The van der Waals surface area contributed by atoms with E-state index in [1.54, 1.807) is 0 Å². The Morgan fingerprint density at radius 2 is 1.89 bits per heavy atom. The van der Waals surface area contributed by atoms with Gasteiger partial charge in [-0.1, -0.05) is 58.2 Å². The van der Waals surface area contributed by atoms with Crippen LogP contribution in [-0.4, -0.2) is 6.04 Å². The normalized spacial score (nSPS) is 18.2. The number of benzene rings is 1. The molecule has 1 nitrogen and oxygen atoms in total. The van der Waals surface area contributed by atoms with Gasteiger partial charge in [-0.3, -0.25) is 0 Å². The van der Waals surface area contributed by atoms with Crippen LogP contribution in [0.2, 0.25) is 0 Å². The monoisotopic (exact) mass is 245 g/mol. The predicted octanol–water partition coefficient (Wildman–Crippen LogP) is 4.97. The highest BCUT2D eigenvalue weighted by Gasteiger charge is 2.22. The molecule has 0 saturated heterocycles. The summed E-state index contributed by atoms with van der Waals surface area (Å²) in [4.78, 5) is 0. The molecule has 1 saturated carbocycles. The zero-order valence-corrected chi connectivity index (χ0v) is 12.3. The summed E-state index contributed by atoms with van der Waals surface area (Å²) < 4.78 is 0. The van der Waals surface area contributed by atoms with Crippen LogP contribution in [0.4, 0.5) is 5.69 Å². The van der Waals surface area contributed by atoms with Crippen molar-refractivity contribution >= 4 is 5.69 Å². The fraction of sp³-hybridized carbons (Fsp3) is 0.647. The number of anilines is 1. The molecule has 1 aromatic rings. The highest BCUT2D eigenvalue weighted by molar-refractivity contribution is 5.54. The fourth-order valence-electron chi connectivity index (χ4n) is 2.82. The number of para-hydroxylation sites is 1. The van der Waals surface area contributed by atoms with Gasteiger partial charge >= 0.3 is 0 Å². The molecule has 0 amide bonds. The minimum absolute atomic E-state index is 0.208. The third-order valence-corrected chi connectivity index (χ3v) is 4.05. The van der Waals surface area contributed by atoms with Crippen molar-refractivity contribution in [3.63, 3.8) is 0 Å². The van der Waals surface area contributed by atoms with E-state index in [0.29, 0.717) is 6.04 Å². The van der Waals surface area contributed by atoms with E-state index in [-0.39, 0.29) is 5.41 Å². The van der Waals surface area contributed by atoms with E-state index < -0.39 is 0 Å². The summed E-state index contributed by atoms with van der Waals surface area (Å²) >= 11 is 0. The molecule has 1 heteroatoms. The molecule has 1 atom stereocenters. The lowest BCUT2D eigenvalue weighted by Gasteiger charge is -2.30. The van der Waals surface area contributed by atoms with E-state index in [1.165, 1.54) is 36.9 Å². The lowest BCUT2D eigenvalue weighted by molar-refractivity contribution is 0.285. The van der Waals surface area contributed by atoms with Gasteiger partial charge in [0.05, 0.1) is 0 Å². The highest BCUT2D eigenvalue weighted by Crippen LogP contribution is 2.33. The van der Waals surface area contributed by atoms with Crippen molar-refractivity contribution in [1.82, 2.24) is 0 Å². The van der Waals surface area contributed by atoms with Crippen LogP contribution in [0.3, 0.4) is 0 Å². The topological polar surface area (TPSA) is 12.0 Å². The van der Waals surface area contributed by atoms with Gasteiger partial charge in [-0.15, -0.1) is 0 Å². The molecule has 100 valence electrons.